The van der Waals surface area contributed by atoms with Crippen molar-refractivity contribution in [1.82, 2.24) is 0 Å². The van der Waals surface area contributed by atoms with Crippen molar-refractivity contribution in [2.75, 3.05) is 6.61 Å². The molecule has 2 aromatic carbocycles. The van der Waals surface area contributed by atoms with Crippen LogP contribution in [-0.2, 0) is 4.79 Å². The molecule has 0 fully saturated rings. The van der Waals surface area contributed by atoms with Crippen LogP contribution < -0.4 is 9.47 Å². The maximum absolute atomic E-state index is 11.9. The molecule has 2 aromatic rings. The van der Waals surface area contributed by atoms with E-state index in [1.807, 2.05) is 31.2 Å². The highest BCUT2D eigenvalue weighted by atomic mass is 35.5. The van der Waals surface area contributed by atoms with Gasteiger partial charge in [-0.2, -0.15) is 0 Å². The van der Waals surface area contributed by atoms with Crippen LogP contribution in [0.15, 0.2) is 54.6 Å². The van der Waals surface area contributed by atoms with Gasteiger partial charge in [0.1, 0.15) is 11.5 Å². The zero-order chi connectivity index (χ0) is 15.8. The molecule has 0 radical (unpaired) electrons. The van der Waals surface area contributed by atoms with Gasteiger partial charge in [-0.1, -0.05) is 48.9 Å². The lowest BCUT2D eigenvalue weighted by Gasteiger charge is -2.07. The molecule has 0 amide bonds. The molecule has 0 aliphatic carbocycles. The van der Waals surface area contributed by atoms with Gasteiger partial charge in [0, 0.05) is 11.6 Å². The first kappa shape index (κ1) is 16.1. The van der Waals surface area contributed by atoms with E-state index >= 15 is 0 Å². The van der Waals surface area contributed by atoms with Gasteiger partial charge in [0.25, 0.3) is 0 Å². The van der Waals surface area contributed by atoms with E-state index in [4.69, 9.17) is 21.1 Å². The molecule has 0 heterocycles. The minimum atomic E-state index is -0.488. The van der Waals surface area contributed by atoms with Crippen molar-refractivity contribution in [2.24, 2.45) is 0 Å². The van der Waals surface area contributed by atoms with Crippen molar-refractivity contribution >= 4 is 23.6 Å². The number of carbonyl (C=O) groups is 1. The highest BCUT2D eigenvalue weighted by Crippen LogP contribution is 2.24. The third-order valence-corrected chi connectivity index (χ3v) is 3.14. The zero-order valence-electron chi connectivity index (χ0n) is 12.3. The van der Waals surface area contributed by atoms with Crippen molar-refractivity contribution in [2.45, 2.75) is 13.3 Å². The Morgan fingerprint density at radius 2 is 1.77 bits per heavy atom. The number of carbonyl (C=O) groups excluding carboxylic acids is 1. The van der Waals surface area contributed by atoms with Crippen molar-refractivity contribution in [3.63, 3.8) is 0 Å². The second-order valence-corrected chi connectivity index (χ2v) is 4.98. The third kappa shape index (κ3) is 4.64. The number of ether oxygens (including phenoxy) is 2. The lowest BCUT2D eigenvalue weighted by atomic mass is 10.2. The smallest absolute Gasteiger partial charge is 0.336 e. The van der Waals surface area contributed by atoms with Crippen molar-refractivity contribution in [3.8, 4) is 11.5 Å². The van der Waals surface area contributed by atoms with E-state index in [1.165, 1.54) is 6.08 Å². The van der Waals surface area contributed by atoms with Crippen LogP contribution in [0.3, 0.4) is 0 Å². The van der Waals surface area contributed by atoms with E-state index < -0.39 is 5.97 Å². The Balaban J connectivity index is 2.05. The number of hydrogen-bond donors (Lipinski definition) is 0. The predicted octanol–water partition coefficient (Wildman–Crippen LogP) is 4.75. The van der Waals surface area contributed by atoms with Crippen LogP contribution in [0.2, 0.25) is 5.02 Å². The summed E-state index contributed by atoms with van der Waals surface area (Å²) in [4.78, 5) is 11.9. The Morgan fingerprint density at radius 1 is 1.09 bits per heavy atom. The molecule has 0 saturated heterocycles. The van der Waals surface area contributed by atoms with Crippen LogP contribution in [-0.4, -0.2) is 12.6 Å². The molecular formula is C18H17ClO3. The Kier molecular flexibility index (Phi) is 6.04. The van der Waals surface area contributed by atoms with Gasteiger partial charge in [-0.3, -0.25) is 0 Å². The van der Waals surface area contributed by atoms with Gasteiger partial charge in [0.15, 0.2) is 0 Å². The summed E-state index contributed by atoms with van der Waals surface area (Å²) in [6, 6.07) is 14.4. The first-order chi connectivity index (χ1) is 10.7. The number of benzene rings is 2. The summed E-state index contributed by atoms with van der Waals surface area (Å²) in [5, 5.41) is 0.399. The summed E-state index contributed by atoms with van der Waals surface area (Å²) >= 11 is 5.95. The highest BCUT2D eigenvalue weighted by molar-refractivity contribution is 6.32. The molecule has 0 saturated carbocycles. The SMILES string of the molecule is CCCOc1ccccc1/C=C/C(=O)Oc1ccccc1Cl. The quantitative estimate of drug-likeness (QED) is 0.438. The van der Waals surface area contributed by atoms with E-state index in [9.17, 15) is 4.79 Å². The standard InChI is InChI=1S/C18H17ClO3/c1-2-13-21-16-9-5-3-7-14(16)11-12-18(20)22-17-10-6-4-8-15(17)19/h3-12H,2,13H2,1H3/b12-11+. The molecule has 0 N–H and O–H groups in total. The molecule has 0 aliphatic rings. The second-order valence-electron chi connectivity index (χ2n) is 4.57. The van der Waals surface area contributed by atoms with Crippen LogP contribution in [0.1, 0.15) is 18.9 Å². The zero-order valence-corrected chi connectivity index (χ0v) is 13.0. The normalized spacial score (nSPS) is 10.6. The van der Waals surface area contributed by atoms with Crippen molar-refractivity contribution < 1.29 is 14.3 Å². The van der Waals surface area contributed by atoms with Gasteiger partial charge in [0.05, 0.1) is 11.6 Å². The maximum atomic E-state index is 11.9. The lowest BCUT2D eigenvalue weighted by molar-refractivity contribution is -0.128. The fourth-order valence-corrected chi connectivity index (χ4v) is 1.96. The Hall–Kier alpha value is -2.26. The van der Waals surface area contributed by atoms with Gasteiger partial charge in [-0.15, -0.1) is 0 Å². The molecular weight excluding hydrogens is 300 g/mol. The van der Waals surface area contributed by atoms with Crippen LogP contribution in [0.4, 0.5) is 0 Å². The average molecular weight is 317 g/mol. The molecule has 0 aliphatic heterocycles. The number of hydrogen-bond acceptors (Lipinski definition) is 3. The largest absolute Gasteiger partial charge is 0.493 e. The minimum Gasteiger partial charge on any atom is -0.493 e. The Morgan fingerprint density at radius 3 is 2.50 bits per heavy atom. The molecule has 22 heavy (non-hydrogen) atoms. The predicted molar refractivity (Wildman–Crippen MR) is 88.3 cm³/mol. The van der Waals surface area contributed by atoms with Crippen LogP contribution in [0.25, 0.3) is 6.08 Å². The Bertz CT molecular complexity index is 665. The number of para-hydroxylation sites is 2. The van der Waals surface area contributed by atoms with Crippen molar-refractivity contribution in [1.29, 1.82) is 0 Å². The van der Waals surface area contributed by atoms with E-state index in [-0.39, 0.29) is 0 Å². The van der Waals surface area contributed by atoms with Crippen LogP contribution in [0, 0.1) is 0 Å². The van der Waals surface area contributed by atoms with E-state index in [2.05, 4.69) is 0 Å². The summed E-state index contributed by atoms with van der Waals surface area (Å²) in [6.07, 6.45) is 3.95. The maximum Gasteiger partial charge on any atom is 0.336 e. The van der Waals surface area contributed by atoms with Gasteiger partial charge in [-0.05, 0) is 30.7 Å². The number of halogens is 1. The monoisotopic (exact) mass is 316 g/mol. The first-order valence-electron chi connectivity index (χ1n) is 7.07. The van der Waals surface area contributed by atoms with E-state index in [1.54, 1.807) is 30.3 Å². The van der Waals surface area contributed by atoms with Crippen LogP contribution in [0.5, 0.6) is 11.5 Å². The molecule has 0 unspecified atom stereocenters. The summed E-state index contributed by atoms with van der Waals surface area (Å²) in [5.41, 5.74) is 0.826. The first-order valence-corrected chi connectivity index (χ1v) is 7.44. The van der Waals surface area contributed by atoms with E-state index in [0.717, 1.165) is 17.7 Å². The summed E-state index contributed by atoms with van der Waals surface area (Å²) < 4.78 is 10.8. The molecule has 4 heteroatoms. The summed E-state index contributed by atoms with van der Waals surface area (Å²) in [6.45, 7) is 2.67. The third-order valence-electron chi connectivity index (χ3n) is 2.83. The second kappa shape index (κ2) is 8.25. The van der Waals surface area contributed by atoms with Crippen molar-refractivity contribution in [3.05, 3.63) is 65.2 Å². The highest BCUT2D eigenvalue weighted by Gasteiger charge is 2.05. The topological polar surface area (TPSA) is 35.5 Å². The lowest BCUT2D eigenvalue weighted by Crippen LogP contribution is -2.04. The number of rotatable bonds is 6. The molecule has 0 bridgehead atoms. The molecule has 0 aromatic heterocycles. The van der Waals surface area contributed by atoms with Gasteiger partial charge >= 0.3 is 5.97 Å². The molecule has 2 rings (SSSR count). The number of esters is 1. The summed E-state index contributed by atoms with van der Waals surface area (Å²) in [7, 11) is 0. The molecule has 3 nitrogen and oxygen atoms in total. The minimum absolute atomic E-state index is 0.342. The van der Waals surface area contributed by atoms with Gasteiger partial charge in [0.2, 0.25) is 0 Å². The average Bonchev–Trinajstić information content (AvgIpc) is 2.54. The molecule has 0 spiro atoms. The van der Waals surface area contributed by atoms with E-state index in [0.29, 0.717) is 17.4 Å². The summed E-state index contributed by atoms with van der Waals surface area (Å²) in [5.74, 6) is 0.596. The molecule has 0 atom stereocenters. The Labute approximate surface area is 135 Å². The fourth-order valence-electron chi connectivity index (χ4n) is 1.79. The van der Waals surface area contributed by atoms with Gasteiger partial charge < -0.3 is 9.47 Å². The van der Waals surface area contributed by atoms with Gasteiger partial charge in [-0.25, -0.2) is 4.79 Å². The van der Waals surface area contributed by atoms with Crippen LogP contribution >= 0.6 is 11.6 Å². The molecule has 114 valence electrons. The fraction of sp³-hybridized carbons (Fsp3) is 0.167.